The van der Waals surface area contributed by atoms with E-state index in [0.29, 0.717) is 0 Å². The summed E-state index contributed by atoms with van der Waals surface area (Å²) in [6, 6.07) is 38.2. The Morgan fingerprint density at radius 3 is 1.05 bits per heavy atom. The predicted molar refractivity (Wildman–Crippen MR) is 166 cm³/mol. The molecule has 0 aliphatic rings. The molecule has 38 heavy (non-hydrogen) atoms. The molecular weight excluding hydrogens is 715 g/mol. The van der Waals surface area contributed by atoms with Crippen LogP contribution in [-0.4, -0.2) is 24.5 Å². The van der Waals surface area contributed by atoms with Gasteiger partial charge in [0.2, 0.25) is 0 Å². The van der Waals surface area contributed by atoms with Crippen molar-refractivity contribution in [2.24, 2.45) is 0 Å². The molecule has 198 valence electrons. The molecule has 11 heteroatoms. The van der Waals surface area contributed by atoms with Crippen molar-refractivity contribution in [2.75, 3.05) is 12.5 Å². The molecule has 0 aliphatic carbocycles. The van der Waals surface area contributed by atoms with E-state index in [4.69, 9.17) is 10.1 Å². The summed E-state index contributed by atoms with van der Waals surface area (Å²) in [5.41, 5.74) is 0. The topological polar surface area (TPSA) is 80.9 Å². The predicted octanol–water partition coefficient (Wildman–Crippen LogP) is 5.42. The second-order valence-electron chi connectivity index (χ2n) is 6.37. The van der Waals surface area contributed by atoms with Gasteiger partial charge in [0, 0.05) is 57.6 Å². The Morgan fingerprint density at radius 1 is 0.579 bits per heavy atom. The van der Waals surface area contributed by atoms with Crippen molar-refractivity contribution in [2.45, 2.75) is 29.4 Å². The maximum atomic E-state index is 8.64. The van der Waals surface area contributed by atoms with Gasteiger partial charge in [-0.3, -0.25) is 4.79 Å². The minimum absolute atomic E-state index is 0. The van der Waals surface area contributed by atoms with Crippen LogP contribution in [0.4, 0.5) is 0 Å². The van der Waals surface area contributed by atoms with Crippen LogP contribution in [0.15, 0.2) is 139 Å². The summed E-state index contributed by atoms with van der Waals surface area (Å²) < 4.78 is 0. The molecule has 0 bridgehead atoms. The number of carbonyl (C=O) groups is 1. The van der Waals surface area contributed by atoms with E-state index in [1.54, 1.807) is 47.0 Å². The summed E-state index contributed by atoms with van der Waals surface area (Å²) in [5, 5.41) is 8.43. The van der Waals surface area contributed by atoms with Gasteiger partial charge in [-0.25, -0.2) is 0 Å². The minimum Gasteiger partial charge on any atom is -0.662 e. The molecule has 0 saturated carbocycles. The van der Waals surface area contributed by atoms with Gasteiger partial charge in [0.1, 0.15) is 0 Å². The Morgan fingerprint density at radius 2 is 0.816 bits per heavy atom. The van der Waals surface area contributed by atoms with Crippen molar-refractivity contribution < 1.29 is 71.8 Å². The molecule has 4 nitrogen and oxygen atoms in total. The summed E-state index contributed by atoms with van der Waals surface area (Å²) in [6.07, 6.45) is 4.19. The first-order valence-corrected chi connectivity index (χ1v) is 18.1. The first-order valence-electron chi connectivity index (χ1n) is 10.3. The molecule has 0 saturated heterocycles. The SMILES string of the molecule is BrBr.CSc1ccc(Sc2ccccc2)cc1.CSc1ccc(Sc2ccccc2)cc1.O.O=CO[O-].[K+]. The van der Waals surface area contributed by atoms with E-state index < -0.39 is 0 Å². The van der Waals surface area contributed by atoms with E-state index in [9.17, 15) is 0 Å². The monoisotopic (exact) mass is 740 g/mol. The van der Waals surface area contributed by atoms with Crippen molar-refractivity contribution in [3.63, 3.8) is 0 Å². The van der Waals surface area contributed by atoms with E-state index in [0.717, 1.165) is 0 Å². The van der Waals surface area contributed by atoms with Gasteiger partial charge in [0.15, 0.2) is 0 Å². The zero-order chi connectivity index (χ0) is 26.4. The van der Waals surface area contributed by atoms with E-state index in [2.05, 4.69) is 143 Å². The van der Waals surface area contributed by atoms with Gasteiger partial charge in [0.25, 0.3) is 6.47 Å². The van der Waals surface area contributed by atoms with Crippen LogP contribution in [0.3, 0.4) is 0 Å². The summed E-state index contributed by atoms with van der Waals surface area (Å²) in [5.74, 6) is 0. The van der Waals surface area contributed by atoms with Crippen LogP contribution < -0.4 is 56.6 Å². The van der Waals surface area contributed by atoms with Crippen molar-refractivity contribution in [1.29, 1.82) is 0 Å². The zero-order valence-electron chi connectivity index (χ0n) is 21.1. The third-order valence-electron chi connectivity index (χ3n) is 4.12. The minimum atomic E-state index is -0.181. The normalized spacial score (nSPS) is 8.76. The van der Waals surface area contributed by atoms with Crippen molar-refractivity contribution in [3.8, 4) is 0 Å². The third kappa shape index (κ3) is 18.6. The Balaban J connectivity index is 0. The number of hydrogen-bond donors (Lipinski definition) is 0. The quantitative estimate of drug-likeness (QED) is 0.0823. The summed E-state index contributed by atoms with van der Waals surface area (Å²) in [6.45, 7) is -0.181. The van der Waals surface area contributed by atoms with Gasteiger partial charge >= 0.3 is 51.4 Å². The van der Waals surface area contributed by atoms with Crippen LogP contribution in [0, 0.1) is 0 Å². The molecule has 2 N–H and O–H groups in total. The van der Waals surface area contributed by atoms with Gasteiger partial charge in [-0.1, -0.05) is 59.9 Å². The van der Waals surface area contributed by atoms with Crippen molar-refractivity contribution in [1.82, 2.24) is 0 Å². The standard InChI is InChI=1S/2C13H12S2.CH2O3.Br2.K.H2O/c2*1-14-11-7-9-13(10-8-11)15-12-5-3-2-4-6-12;2-1-4-3;1-2;;/h2*2-10H,1H3;1,3H;;;1H2/q;;;;+1;/p-1. The molecule has 0 radical (unpaired) electrons. The number of hydrogen-bond acceptors (Lipinski definition) is 7. The fraction of sp³-hybridized carbons (Fsp3) is 0.0741. The Labute approximate surface area is 300 Å². The molecule has 0 aromatic heterocycles. The Hall–Kier alpha value is 0.266. The van der Waals surface area contributed by atoms with Gasteiger partial charge < -0.3 is 15.6 Å². The molecule has 0 heterocycles. The van der Waals surface area contributed by atoms with Crippen LogP contribution >= 0.6 is 75.3 Å². The first-order chi connectivity index (χ1) is 17.7. The summed E-state index contributed by atoms with van der Waals surface area (Å²) >= 11 is 12.6. The fourth-order valence-corrected chi connectivity index (χ4v) is 5.03. The van der Waals surface area contributed by atoms with Crippen LogP contribution in [0.1, 0.15) is 0 Å². The maximum absolute atomic E-state index is 8.64. The summed E-state index contributed by atoms with van der Waals surface area (Å²) in [4.78, 5) is 19.0. The number of benzene rings is 4. The van der Waals surface area contributed by atoms with Crippen LogP contribution in [0.25, 0.3) is 0 Å². The first kappa shape index (κ1) is 40.4. The van der Waals surface area contributed by atoms with E-state index in [1.807, 2.05) is 12.1 Å². The number of halogens is 2. The second-order valence-corrected chi connectivity index (χ2v) is 10.4. The molecular formula is C27H27Br2KO4S4. The van der Waals surface area contributed by atoms with Gasteiger partial charge in [-0.2, -0.15) is 0 Å². The van der Waals surface area contributed by atoms with E-state index in [-0.39, 0.29) is 63.3 Å². The Kier molecular flexibility index (Phi) is 29.2. The van der Waals surface area contributed by atoms with Crippen molar-refractivity contribution >= 4 is 81.8 Å². The molecule has 0 amide bonds. The molecule has 0 fully saturated rings. The molecule has 0 atom stereocenters. The number of carbonyl (C=O) groups excluding carboxylic acids is 1. The average molecular weight is 743 g/mol. The smallest absolute Gasteiger partial charge is 0.662 e. The van der Waals surface area contributed by atoms with Gasteiger partial charge in [-0.15, -0.1) is 23.5 Å². The van der Waals surface area contributed by atoms with Gasteiger partial charge in [-0.05, 0) is 85.3 Å². The molecule has 4 aromatic carbocycles. The molecule has 0 aliphatic heterocycles. The zero-order valence-corrected chi connectivity index (χ0v) is 30.6. The average Bonchev–Trinajstić information content (AvgIpc) is 2.96. The van der Waals surface area contributed by atoms with Crippen LogP contribution in [0.2, 0.25) is 0 Å². The maximum Gasteiger partial charge on any atom is 1.00 e. The third-order valence-corrected chi connectivity index (χ3v) is 7.63. The Bertz CT molecular complexity index is 995. The molecule has 4 rings (SSSR count). The fourth-order valence-electron chi connectivity index (χ4n) is 2.54. The second kappa shape index (κ2) is 27.4. The van der Waals surface area contributed by atoms with Crippen LogP contribution in [-0.2, 0) is 9.68 Å². The number of thioether (sulfide) groups is 2. The molecule has 0 spiro atoms. The molecule has 0 unspecified atom stereocenters. The summed E-state index contributed by atoms with van der Waals surface area (Å²) in [7, 11) is 0. The van der Waals surface area contributed by atoms with Gasteiger partial charge in [0.05, 0.1) is 0 Å². The van der Waals surface area contributed by atoms with E-state index in [1.165, 1.54) is 29.4 Å². The van der Waals surface area contributed by atoms with Crippen molar-refractivity contribution in [3.05, 3.63) is 109 Å². The number of rotatable bonds is 7. The van der Waals surface area contributed by atoms with Crippen LogP contribution in [0.5, 0.6) is 0 Å². The molecule has 4 aromatic rings. The van der Waals surface area contributed by atoms with E-state index >= 15 is 0 Å². The largest absolute Gasteiger partial charge is 1.00 e.